The largest absolute Gasteiger partial charge is 0.458 e. The fourth-order valence-electron chi connectivity index (χ4n) is 3.14. The van der Waals surface area contributed by atoms with Gasteiger partial charge in [-0.05, 0) is 19.3 Å². The first kappa shape index (κ1) is 17.8. The molecule has 22 heavy (non-hydrogen) atoms. The van der Waals surface area contributed by atoms with Crippen LogP contribution in [0.25, 0.3) is 0 Å². The van der Waals surface area contributed by atoms with Gasteiger partial charge in [0.05, 0.1) is 6.42 Å². The molecule has 0 aromatic rings. The number of fused-ring (bicyclic) bond motifs is 1. The number of carbonyl (C=O) groups excluding carboxylic acids is 2. The Morgan fingerprint density at radius 2 is 2.18 bits per heavy atom. The van der Waals surface area contributed by atoms with Gasteiger partial charge in [0.25, 0.3) is 0 Å². The zero-order valence-corrected chi connectivity index (χ0v) is 14.2. The lowest BCUT2D eigenvalue weighted by molar-refractivity contribution is -0.165. The molecule has 0 aromatic carbocycles. The van der Waals surface area contributed by atoms with Gasteiger partial charge in [0.2, 0.25) is 0 Å². The number of rotatable bonds is 5. The molecule has 0 N–H and O–H groups in total. The highest BCUT2D eigenvalue weighted by molar-refractivity contribution is 14.1. The van der Waals surface area contributed by atoms with Gasteiger partial charge >= 0.3 is 18.1 Å². The molecule has 0 aromatic heterocycles. The van der Waals surface area contributed by atoms with Gasteiger partial charge in [-0.15, -0.1) is 0 Å². The first-order chi connectivity index (χ1) is 10.2. The van der Waals surface area contributed by atoms with Crippen molar-refractivity contribution < 1.29 is 32.2 Å². The van der Waals surface area contributed by atoms with Crippen LogP contribution in [0.5, 0.6) is 0 Å². The van der Waals surface area contributed by atoms with E-state index in [1.54, 1.807) is 0 Å². The van der Waals surface area contributed by atoms with Crippen LogP contribution in [0.15, 0.2) is 0 Å². The number of esters is 2. The summed E-state index contributed by atoms with van der Waals surface area (Å²) in [7, 11) is 0. The van der Waals surface area contributed by atoms with Crippen LogP contribution < -0.4 is 0 Å². The van der Waals surface area contributed by atoms with E-state index in [0.717, 1.165) is 0 Å². The molecule has 1 aliphatic heterocycles. The molecule has 1 aliphatic carbocycles. The molecule has 0 spiro atoms. The third kappa shape index (κ3) is 4.26. The molecular weight excluding hydrogens is 416 g/mol. The quantitative estimate of drug-likeness (QED) is 0.378. The minimum absolute atomic E-state index is 0.107. The van der Waals surface area contributed by atoms with Crippen LogP contribution in [0, 0.1) is 11.8 Å². The van der Waals surface area contributed by atoms with Crippen molar-refractivity contribution in [2.75, 3.05) is 0 Å². The van der Waals surface area contributed by atoms with Crippen LogP contribution in [-0.4, -0.2) is 34.2 Å². The smallest absolute Gasteiger partial charge is 0.389 e. The molecule has 2 aliphatic rings. The van der Waals surface area contributed by atoms with Gasteiger partial charge in [-0.3, -0.25) is 9.59 Å². The molecule has 5 unspecified atom stereocenters. The Morgan fingerprint density at radius 3 is 2.77 bits per heavy atom. The number of carbonyl (C=O) groups is 2. The molecule has 4 nitrogen and oxygen atoms in total. The second kappa shape index (κ2) is 6.92. The lowest BCUT2D eigenvalue weighted by atomic mass is 9.97. The normalized spacial score (nSPS) is 32.5. The lowest BCUT2D eigenvalue weighted by Crippen LogP contribution is -2.36. The molecule has 0 amide bonds. The summed E-state index contributed by atoms with van der Waals surface area (Å²) in [6, 6.07) is 0. The molecule has 1 saturated heterocycles. The number of hydrogen-bond acceptors (Lipinski definition) is 4. The number of alkyl halides is 4. The molecule has 0 radical (unpaired) electrons. The SMILES string of the molecule is CCC(I)C(=O)OC1C(CCC(F)(F)F)CC2CC(=O)OC21. The standard InChI is InChI=1S/C14H18F3IO4/c1-2-9(18)13(20)22-11-7(3-4-14(15,16)17)5-8-6-10(19)21-12(8)11/h7-9,11-12H,2-6H2,1H3. The second-order valence-corrected chi connectivity index (χ2v) is 7.35. The summed E-state index contributed by atoms with van der Waals surface area (Å²) in [5, 5.41) is 0. The number of halogens is 4. The maximum atomic E-state index is 12.4. The fourth-order valence-corrected chi connectivity index (χ4v) is 3.29. The summed E-state index contributed by atoms with van der Waals surface area (Å²) in [6.07, 6.45) is -5.40. The van der Waals surface area contributed by atoms with Gasteiger partial charge < -0.3 is 9.47 Å². The summed E-state index contributed by atoms with van der Waals surface area (Å²) in [5.41, 5.74) is 0. The van der Waals surface area contributed by atoms with E-state index in [-0.39, 0.29) is 28.7 Å². The predicted octanol–water partition coefficient (Wildman–Crippen LogP) is 3.41. The van der Waals surface area contributed by atoms with E-state index in [4.69, 9.17) is 9.47 Å². The first-order valence-corrected chi connectivity index (χ1v) is 8.56. The van der Waals surface area contributed by atoms with E-state index in [9.17, 15) is 22.8 Å². The highest BCUT2D eigenvalue weighted by Gasteiger charge is 2.52. The van der Waals surface area contributed by atoms with Gasteiger partial charge in [0.1, 0.15) is 16.1 Å². The molecule has 8 heteroatoms. The minimum atomic E-state index is -4.24. The van der Waals surface area contributed by atoms with Crippen LogP contribution in [0.3, 0.4) is 0 Å². The van der Waals surface area contributed by atoms with Crippen molar-refractivity contribution >= 4 is 34.5 Å². The minimum Gasteiger partial charge on any atom is -0.458 e. The van der Waals surface area contributed by atoms with E-state index in [2.05, 4.69) is 0 Å². The van der Waals surface area contributed by atoms with Crippen molar-refractivity contribution in [3.63, 3.8) is 0 Å². The molecule has 2 fully saturated rings. The Kier molecular flexibility index (Phi) is 5.60. The van der Waals surface area contributed by atoms with E-state index in [0.29, 0.717) is 12.8 Å². The van der Waals surface area contributed by atoms with Crippen LogP contribution in [0.2, 0.25) is 0 Å². The molecule has 2 rings (SSSR count). The summed E-state index contributed by atoms with van der Waals surface area (Å²) in [6.45, 7) is 1.83. The van der Waals surface area contributed by atoms with Crippen LogP contribution in [-0.2, 0) is 19.1 Å². The second-order valence-electron chi connectivity index (χ2n) is 5.85. The third-order valence-electron chi connectivity index (χ3n) is 4.22. The van der Waals surface area contributed by atoms with E-state index >= 15 is 0 Å². The van der Waals surface area contributed by atoms with Crippen LogP contribution in [0.1, 0.15) is 39.0 Å². The van der Waals surface area contributed by atoms with Crippen molar-refractivity contribution in [2.24, 2.45) is 11.8 Å². The van der Waals surface area contributed by atoms with Crippen molar-refractivity contribution in [2.45, 2.75) is 61.3 Å². The average Bonchev–Trinajstić information content (AvgIpc) is 2.92. The van der Waals surface area contributed by atoms with Crippen LogP contribution in [0.4, 0.5) is 13.2 Å². The summed E-state index contributed by atoms with van der Waals surface area (Å²) < 4.78 is 47.6. The molecule has 126 valence electrons. The number of hydrogen-bond donors (Lipinski definition) is 0. The Hall–Kier alpha value is -0.540. The number of ether oxygens (including phenoxy) is 2. The molecular formula is C14H18F3IO4. The first-order valence-electron chi connectivity index (χ1n) is 7.32. The Bertz CT molecular complexity index is 440. The zero-order chi connectivity index (χ0) is 16.5. The van der Waals surface area contributed by atoms with Crippen molar-refractivity contribution in [3.05, 3.63) is 0 Å². The maximum Gasteiger partial charge on any atom is 0.389 e. The molecule has 1 saturated carbocycles. The Labute approximate surface area is 140 Å². The Balaban J connectivity index is 2.04. The molecule has 5 atom stereocenters. The monoisotopic (exact) mass is 434 g/mol. The summed E-state index contributed by atoms with van der Waals surface area (Å²) in [5.74, 6) is -1.37. The molecule has 1 heterocycles. The van der Waals surface area contributed by atoms with Gasteiger partial charge in [0, 0.05) is 18.3 Å². The highest BCUT2D eigenvalue weighted by atomic mass is 127. The van der Waals surface area contributed by atoms with Crippen LogP contribution >= 0.6 is 22.6 Å². The average molecular weight is 434 g/mol. The van der Waals surface area contributed by atoms with Crippen molar-refractivity contribution in [1.82, 2.24) is 0 Å². The molecule has 0 bridgehead atoms. The van der Waals surface area contributed by atoms with Gasteiger partial charge in [0.15, 0.2) is 0 Å². The van der Waals surface area contributed by atoms with E-state index < -0.39 is 36.7 Å². The Morgan fingerprint density at radius 1 is 1.50 bits per heavy atom. The predicted molar refractivity (Wildman–Crippen MR) is 79.4 cm³/mol. The zero-order valence-electron chi connectivity index (χ0n) is 12.1. The third-order valence-corrected chi connectivity index (χ3v) is 5.61. The summed E-state index contributed by atoms with van der Waals surface area (Å²) in [4.78, 5) is 23.3. The van der Waals surface area contributed by atoms with Gasteiger partial charge in [-0.1, -0.05) is 29.5 Å². The summed E-state index contributed by atoms with van der Waals surface area (Å²) >= 11 is 1.94. The van der Waals surface area contributed by atoms with Crippen molar-refractivity contribution in [1.29, 1.82) is 0 Å². The highest BCUT2D eigenvalue weighted by Crippen LogP contribution is 2.45. The topological polar surface area (TPSA) is 52.6 Å². The lowest BCUT2D eigenvalue weighted by Gasteiger charge is -2.25. The fraction of sp³-hybridized carbons (Fsp3) is 0.857. The van der Waals surface area contributed by atoms with E-state index in [1.165, 1.54) is 0 Å². The van der Waals surface area contributed by atoms with Gasteiger partial charge in [-0.2, -0.15) is 13.2 Å². The van der Waals surface area contributed by atoms with Gasteiger partial charge in [-0.25, -0.2) is 0 Å². The van der Waals surface area contributed by atoms with E-state index in [1.807, 2.05) is 29.5 Å². The van der Waals surface area contributed by atoms with Crippen molar-refractivity contribution in [3.8, 4) is 0 Å². The maximum absolute atomic E-state index is 12.4.